The summed E-state index contributed by atoms with van der Waals surface area (Å²) in [4.78, 5) is 46.2. The van der Waals surface area contributed by atoms with Gasteiger partial charge < -0.3 is 15.6 Å². The summed E-state index contributed by atoms with van der Waals surface area (Å²) in [5.74, 6) is -0.675. The zero-order valence-corrected chi connectivity index (χ0v) is 19.5. The lowest BCUT2D eigenvalue weighted by molar-refractivity contribution is -0.120. The Morgan fingerprint density at radius 1 is 1.18 bits per heavy atom. The zero-order chi connectivity index (χ0) is 23.5. The van der Waals surface area contributed by atoms with Gasteiger partial charge in [0, 0.05) is 29.3 Å². The maximum atomic E-state index is 14.2. The highest BCUT2D eigenvalue weighted by molar-refractivity contribution is 7.18. The van der Waals surface area contributed by atoms with Gasteiger partial charge in [0.1, 0.15) is 16.5 Å². The molecule has 4 rings (SSSR count). The Balaban J connectivity index is 1.38. The minimum Gasteiger partial charge on any atom is -0.326 e. The zero-order valence-electron chi connectivity index (χ0n) is 18.7. The summed E-state index contributed by atoms with van der Waals surface area (Å²) in [5, 5.41) is 5.99. The van der Waals surface area contributed by atoms with Crippen molar-refractivity contribution in [3.05, 3.63) is 50.6 Å². The molecule has 1 fully saturated rings. The number of hydrogen-bond donors (Lipinski definition) is 3. The number of hydrogen-bond acceptors (Lipinski definition) is 5. The van der Waals surface area contributed by atoms with E-state index < -0.39 is 5.82 Å². The monoisotopic (exact) mass is 470 g/mol. The quantitative estimate of drug-likeness (QED) is 0.480. The van der Waals surface area contributed by atoms with Gasteiger partial charge in [-0.2, -0.15) is 0 Å². The fourth-order valence-electron chi connectivity index (χ4n) is 4.17. The van der Waals surface area contributed by atoms with E-state index >= 15 is 0 Å². The van der Waals surface area contributed by atoms with Crippen LogP contribution in [-0.2, 0) is 16.0 Å². The summed E-state index contributed by atoms with van der Waals surface area (Å²) >= 11 is 1.46. The molecule has 1 aliphatic carbocycles. The van der Waals surface area contributed by atoms with E-state index in [1.807, 2.05) is 13.8 Å². The lowest BCUT2D eigenvalue weighted by atomic mass is 9.88. The topological polar surface area (TPSA) is 104 Å². The fraction of sp³-hybridized carbons (Fsp3) is 0.417. The molecule has 0 aliphatic heterocycles. The molecule has 2 heterocycles. The predicted molar refractivity (Wildman–Crippen MR) is 128 cm³/mol. The highest BCUT2D eigenvalue weighted by Crippen LogP contribution is 2.27. The first kappa shape index (κ1) is 23.1. The number of halogens is 1. The molecule has 0 radical (unpaired) electrons. The van der Waals surface area contributed by atoms with Crippen molar-refractivity contribution in [1.29, 1.82) is 0 Å². The predicted octanol–water partition coefficient (Wildman–Crippen LogP) is 4.83. The smallest absolute Gasteiger partial charge is 0.259 e. The summed E-state index contributed by atoms with van der Waals surface area (Å²) < 4.78 is 14.2. The van der Waals surface area contributed by atoms with Gasteiger partial charge in [0.25, 0.3) is 5.56 Å². The number of carbonyl (C=O) groups is 2. The largest absolute Gasteiger partial charge is 0.326 e. The maximum Gasteiger partial charge on any atom is 0.259 e. The first-order chi connectivity index (χ1) is 15.8. The Morgan fingerprint density at radius 2 is 1.94 bits per heavy atom. The Bertz CT molecular complexity index is 1260. The number of thiophene rings is 1. The highest BCUT2D eigenvalue weighted by Gasteiger charge is 2.22. The van der Waals surface area contributed by atoms with Crippen molar-refractivity contribution in [2.24, 2.45) is 5.92 Å². The number of carbonyl (C=O) groups excluding carboxylic acids is 2. The average molecular weight is 471 g/mol. The lowest BCUT2D eigenvalue weighted by Gasteiger charge is -2.21. The molecule has 0 atom stereocenters. The molecule has 1 aliphatic rings. The van der Waals surface area contributed by atoms with Gasteiger partial charge in [-0.25, -0.2) is 9.37 Å². The molecule has 0 spiro atoms. The number of fused-ring (bicyclic) bond motifs is 1. The van der Waals surface area contributed by atoms with Crippen LogP contribution in [0.4, 0.5) is 15.8 Å². The van der Waals surface area contributed by atoms with Gasteiger partial charge in [0.05, 0.1) is 11.1 Å². The van der Waals surface area contributed by atoms with E-state index in [0.29, 0.717) is 21.7 Å². The molecular formula is C24H27FN4O3S. The number of rotatable bonds is 6. The van der Waals surface area contributed by atoms with E-state index in [1.165, 1.54) is 29.5 Å². The van der Waals surface area contributed by atoms with Crippen LogP contribution < -0.4 is 16.2 Å². The highest BCUT2D eigenvalue weighted by atomic mass is 32.1. The minimum atomic E-state index is -0.547. The van der Waals surface area contributed by atoms with Crippen LogP contribution in [0.3, 0.4) is 0 Å². The third-order valence-electron chi connectivity index (χ3n) is 6.16. The SMILES string of the molecule is Cc1sc2nc(CCC(=O)Nc3ccc(F)c(NC(=O)C4CCCCC4)c3)[nH]c(=O)c2c1C. The van der Waals surface area contributed by atoms with Crippen molar-refractivity contribution < 1.29 is 14.0 Å². The van der Waals surface area contributed by atoms with Gasteiger partial charge in [-0.05, 0) is 50.5 Å². The van der Waals surface area contributed by atoms with Crippen LogP contribution in [0.5, 0.6) is 0 Å². The van der Waals surface area contributed by atoms with E-state index in [1.54, 1.807) is 0 Å². The molecule has 9 heteroatoms. The minimum absolute atomic E-state index is 0.0586. The molecule has 174 valence electrons. The molecule has 2 aromatic heterocycles. The van der Waals surface area contributed by atoms with Crippen LogP contribution in [0.1, 0.15) is 54.8 Å². The Labute approximate surface area is 194 Å². The first-order valence-electron chi connectivity index (χ1n) is 11.2. The van der Waals surface area contributed by atoms with Crippen LogP contribution in [0.2, 0.25) is 0 Å². The number of nitrogens with zero attached hydrogens (tertiary/aromatic N) is 1. The van der Waals surface area contributed by atoms with Crippen LogP contribution in [-0.4, -0.2) is 21.8 Å². The molecule has 2 amide bonds. The lowest BCUT2D eigenvalue weighted by Crippen LogP contribution is -2.25. The molecule has 3 N–H and O–H groups in total. The molecule has 0 bridgehead atoms. The second-order valence-corrected chi connectivity index (χ2v) is 9.75. The molecule has 33 heavy (non-hydrogen) atoms. The normalized spacial score (nSPS) is 14.4. The molecule has 3 aromatic rings. The van der Waals surface area contributed by atoms with Crippen LogP contribution in [0.15, 0.2) is 23.0 Å². The number of aromatic amines is 1. The summed E-state index contributed by atoms with van der Waals surface area (Å²) in [6.45, 7) is 3.84. The number of H-pyrrole nitrogens is 1. The summed E-state index contributed by atoms with van der Waals surface area (Å²) in [5.41, 5.74) is 1.18. The van der Waals surface area contributed by atoms with Gasteiger partial charge in [0.15, 0.2) is 0 Å². The molecule has 0 saturated heterocycles. The van der Waals surface area contributed by atoms with E-state index in [0.717, 1.165) is 42.5 Å². The van der Waals surface area contributed by atoms with Crippen LogP contribution >= 0.6 is 11.3 Å². The Kier molecular flexibility index (Phi) is 6.88. The van der Waals surface area contributed by atoms with Gasteiger partial charge in [-0.3, -0.25) is 14.4 Å². The number of aryl methyl sites for hydroxylation is 3. The summed E-state index contributed by atoms with van der Waals surface area (Å²) in [6.07, 6.45) is 5.14. The molecule has 1 saturated carbocycles. The van der Waals surface area contributed by atoms with E-state index in [2.05, 4.69) is 20.6 Å². The van der Waals surface area contributed by atoms with E-state index in [-0.39, 0.29) is 41.8 Å². The second kappa shape index (κ2) is 9.82. The summed E-state index contributed by atoms with van der Waals surface area (Å²) in [7, 11) is 0. The Morgan fingerprint density at radius 3 is 2.70 bits per heavy atom. The van der Waals surface area contributed by atoms with Gasteiger partial charge >= 0.3 is 0 Å². The number of benzene rings is 1. The van der Waals surface area contributed by atoms with E-state index in [4.69, 9.17) is 0 Å². The van der Waals surface area contributed by atoms with Crippen molar-refractivity contribution in [3.63, 3.8) is 0 Å². The number of aromatic nitrogens is 2. The van der Waals surface area contributed by atoms with Crippen molar-refractivity contribution in [1.82, 2.24) is 9.97 Å². The van der Waals surface area contributed by atoms with Crippen molar-refractivity contribution in [2.45, 2.75) is 58.8 Å². The van der Waals surface area contributed by atoms with Gasteiger partial charge in [-0.1, -0.05) is 19.3 Å². The van der Waals surface area contributed by atoms with Crippen molar-refractivity contribution >= 4 is 44.7 Å². The second-order valence-electron chi connectivity index (χ2n) is 8.54. The van der Waals surface area contributed by atoms with Crippen molar-refractivity contribution in [3.8, 4) is 0 Å². The summed E-state index contributed by atoms with van der Waals surface area (Å²) in [6, 6.07) is 4.10. The Hall–Kier alpha value is -3.07. The van der Waals surface area contributed by atoms with Crippen molar-refractivity contribution in [2.75, 3.05) is 10.6 Å². The number of amides is 2. The van der Waals surface area contributed by atoms with E-state index in [9.17, 15) is 18.8 Å². The van der Waals surface area contributed by atoms with Crippen LogP contribution in [0.25, 0.3) is 10.2 Å². The third kappa shape index (κ3) is 5.30. The standard InChI is InChI=1S/C24H27FN4O3S/c1-13-14(2)33-24-21(13)23(32)28-19(29-24)10-11-20(30)26-16-8-9-17(25)18(12-16)27-22(31)15-6-4-3-5-7-15/h8-9,12,15H,3-7,10-11H2,1-2H3,(H,26,30)(H,27,31)(H,28,29,32). The van der Waals surface area contributed by atoms with Gasteiger partial charge in [-0.15, -0.1) is 11.3 Å². The van der Waals surface area contributed by atoms with Gasteiger partial charge in [0.2, 0.25) is 11.8 Å². The number of nitrogens with one attached hydrogen (secondary N) is 3. The number of anilines is 2. The molecular weight excluding hydrogens is 443 g/mol. The average Bonchev–Trinajstić information content (AvgIpc) is 3.09. The fourth-order valence-corrected chi connectivity index (χ4v) is 5.22. The molecule has 1 aromatic carbocycles. The third-order valence-corrected chi connectivity index (χ3v) is 7.26. The van der Waals surface area contributed by atoms with Crippen LogP contribution in [0, 0.1) is 25.6 Å². The maximum absolute atomic E-state index is 14.2. The molecule has 7 nitrogen and oxygen atoms in total. The molecule has 0 unspecified atom stereocenters. The first-order valence-corrected chi connectivity index (χ1v) is 12.0.